The Balaban J connectivity index is 2.48. The first kappa shape index (κ1) is 15.2. The second-order valence-electron chi connectivity index (χ2n) is 3.95. The number of hydrogen-bond donors (Lipinski definition) is 0. The molecule has 19 heavy (non-hydrogen) atoms. The van der Waals surface area contributed by atoms with E-state index in [9.17, 15) is 0 Å². The van der Waals surface area contributed by atoms with E-state index in [4.69, 9.17) is 27.9 Å². The average Bonchev–Trinajstić information content (AvgIpc) is 2.36. The molecule has 0 bridgehead atoms. The first-order valence-corrected chi connectivity index (χ1v) is 7.85. The van der Waals surface area contributed by atoms with Crippen LogP contribution in [-0.4, -0.2) is 7.11 Å². The van der Waals surface area contributed by atoms with E-state index >= 15 is 0 Å². The van der Waals surface area contributed by atoms with Crippen LogP contribution in [0.4, 0.5) is 0 Å². The maximum absolute atomic E-state index is 6.55. The molecule has 1 nitrogen and oxygen atoms in total. The lowest BCUT2D eigenvalue weighted by molar-refractivity contribution is 0.410. The Morgan fingerprint density at radius 1 is 1.05 bits per heavy atom. The van der Waals surface area contributed by atoms with Gasteiger partial charge in [-0.2, -0.15) is 0 Å². The van der Waals surface area contributed by atoms with Crippen LogP contribution in [0.3, 0.4) is 0 Å². The highest BCUT2D eigenvalue weighted by molar-refractivity contribution is 9.11. The summed E-state index contributed by atoms with van der Waals surface area (Å²) in [6.07, 6.45) is 0. The molecule has 1 unspecified atom stereocenters. The van der Waals surface area contributed by atoms with E-state index in [1.54, 1.807) is 13.2 Å². The van der Waals surface area contributed by atoms with Gasteiger partial charge < -0.3 is 4.74 Å². The lowest BCUT2D eigenvalue weighted by Crippen LogP contribution is -1.98. The van der Waals surface area contributed by atoms with Gasteiger partial charge in [0.25, 0.3) is 0 Å². The van der Waals surface area contributed by atoms with Crippen LogP contribution in [0.15, 0.2) is 45.3 Å². The quantitative estimate of drug-likeness (QED) is 0.533. The minimum atomic E-state index is -0.331. The fraction of sp³-hybridized carbons (Fsp3) is 0.143. The van der Waals surface area contributed by atoms with Crippen molar-refractivity contribution in [1.82, 2.24) is 0 Å². The monoisotopic (exact) mass is 422 g/mol. The van der Waals surface area contributed by atoms with Gasteiger partial charge in [-0.1, -0.05) is 43.5 Å². The fourth-order valence-electron chi connectivity index (χ4n) is 1.80. The van der Waals surface area contributed by atoms with Gasteiger partial charge in [-0.05, 0) is 42.0 Å². The fourth-order valence-corrected chi connectivity index (χ4v) is 3.61. The zero-order valence-corrected chi connectivity index (χ0v) is 14.6. The smallest absolute Gasteiger partial charge is 0.123 e. The van der Waals surface area contributed by atoms with Gasteiger partial charge in [-0.15, -0.1) is 11.6 Å². The van der Waals surface area contributed by atoms with Gasteiger partial charge in [0.1, 0.15) is 5.75 Å². The van der Waals surface area contributed by atoms with Gasteiger partial charge in [-0.3, -0.25) is 0 Å². The second-order valence-corrected chi connectivity index (χ2v) is 6.66. The van der Waals surface area contributed by atoms with Gasteiger partial charge in [-0.25, -0.2) is 0 Å². The van der Waals surface area contributed by atoms with Crippen LogP contribution in [-0.2, 0) is 0 Å². The van der Waals surface area contributed by atoms with Crippen molar-refractivity contribution in [2.45, 2.75) is 5.38 Å². The predicted molar refractivity (Wildman–Crippen MR) is 87.5 cm³/mol. The van der Waals surface area contributed by atoms with E-state index in [-0.39, 0.29) is 5.38 Å². The van der Waals surface area contributed by atoms with Crippen molar-refractivity contribution in [3.63, 3.8) is 0 Å². The van der Waals surface area contributed by atoms with Crippen molar-refractivity contribution in [3.8, 4) is 5.75 Å². The van der Waals surface area contributed by atoms with Crippen molar-refractivity contribution < 1.29 is 4.74 Å². The van der Waals surface area contributed by atoms with Crippen LogP contribution in [0.5, 0.6) is 5.75 Å². The summed E-state index contributed by atoms with van der Waals surface area (Å²) in [6.45, 7) is 0. The number of ether oxygens (including phenoxy) is 1. The third kappa shape index (κ3) is 3.66. The maximum atomic E-state index is 6.55. The number of rotatable bonds is 3. The Kier molecular flexibility index (Phi) is 5.18. The van der Waals surface area contributed by atoms with E-state index < -0.39 is 0 Å². The number of halogens is 4. The summed E-state index contributed by atoms with van der Waals surface area (Å²) < 4.78 is 7.26. The third-order valence-electron chi connectivity index (χ3n) is 2.64. The minimum absolute atomic E-state index is 0.331. The molecule has 5 heteroatoms. The maximum Gasteiger partial charge on any atom is 0.123 e. The minimum Gasteiger partial charge on any atom is -0.496 e. The highest BCUT2D eigenvalue weighted by Gasteiger charge is 2.17. The molecule has 0 fully saturated rings. The molecule has 2 aromatic rings. The molecule has 0 saturated carbocycles. The van der Waals surface area contributed by atoms with Gasteiger partial charge in [0, 0.05) is 19.5 Å². The Hall–Kier alpha value is -0.220. The van der Waals surface area contributed by atoms with E-state index in [2.05, 4.69) is 31.9 Å². The Bertz CT molecular complexity index is 582. The summed E-state index contributed by atoms with van der Waals surface area (Å²) in [7, 11) is 1.62. The standard InChI is InChI=1S/C14H10Br2Cl2O/c1-19-13-3-2-11(17)7-12(13)14(18)8-4-9(15)6-10(16)5-8/h2-7,14H,1H3. The van der Waals surface area contributed by atoms with Crippen molar-refractivity contribution in [2.24, 2.45) is 0 Å². The van der Waals surface area contributed by atoms with Gasteiger partial charge in [0.05, 0.1) is 12.5 Å². The van der Waals surface area contributed by atoms with Crippen LogP contribution < -0.4 is 4.74 Å². The molecule has 0 amide bonds. The molecular formula is C14H10Br2Cl2O. The van der Waals surface area contributed by atoms with Crippen molar-refractivity contribution in [1.29, 1.82) is 0 Å². The van der Waals surface area contributed by atoms with Crippen LogP contribution in [0, 0.1) is 0 Å². The summed E-state index contributed by atoms with van der Waals surface area (Å²) in [6, 6.07) is 11.3. The summed E-state index contributed by atoms with van der Waals surface area (Å²) in [5.41, 5.74) is 1.81. The number of benzene rings is 2. The Morgan fingerprint density at radius 3 is 2.26 bits per heavy atom. The molecule has 0 aliphatic carbocycles. The highest BCUT2D eigenvalue weighted by atomic mass is 79.9. The lowest BCUT2D eigenvalue weighted by Gasteiger charge is -2.15. The third-order valence-corrected chi connectivity index (χ3v) is 4.28. The van der Waals surface area contributed by atoms with Gasteiger partial charge in [0.15, 0.2) is 0 Å². The van der Waals surface area contributed by atoms with E-state index in [0.29, 0.717) is 5.02 Å². The van der Waals surface area contributed by atoms with Crippen LogP contribution in [0.2, 0.25) is 5.02 Å². The van der Waals surface area contributed by atoms with Gasteiger partial charge >= 0.3 is 0 Å². The molecular weight excluding hydrogens is 415 g/mol. The molecule has 0 radical (unpaired) electrons. The van der Waals surface area contributed by atoms with Crippen molar-refractivity contribution in [2.75, 3.05) is 7.11 Å². The summed E-state index contributed by atoms with van der Waals surface area (Å²) in [5.74, 6) is 0.723. The molecule has 0 aromatic heterocycles. The molecule has 1 atom stereocenters. The number of hydrogen-bond acceptors (Lipinski definition) is 1. The van der Waals surface area contributed by atoms with E-state index in [0.717, 1.165) is 25.8 Å². The van der Waals surface area contributed by atoms with E-state index in [1.807, 2.05) is 30.3 Å². The normalized spacial score (nSPS) is 12.3. The molecule has 0 spiro atoms. The average molecular weight is 425 g/mol. The summed E-state index contributed by atoms with van der Waals surface area (Å²) >= 11 is 19.5. The molecule has 0 heterocycles. The van der Waals surface area contributed by atoms with Crippen LogP contribution in [0.1, 0.15) is 16.5 Å². The summed E-state index contributed by atoms with van der Waals surface area (Å²) in [5, 5.41) is 0.304. The molecule has 0 aliphatic rings. The first-order chi connectivity index (χ1) is 9.01. The molecule has 2 rings (SSSR count). The molecule has 0 saturated heterocycles. The second kappa shape index (κ2) is 6.49. The number of alkyl halides is 1. The Morgan fingerprint density at radius 2 is 1.68 bits per heavy atom. The summed E-state index contributed by atoms with van der Waals surface area (Å²) in [4.78, 5) is 0. The topological polar surface area (TPSA) is 9.23 Å². The SMILES string of the molecule is COc1ccc(Cl)cc1C(Cl)c1cc(Br)cc(Br)c1. The largest absolute Gasteiger partial charge is 0.496 e. The molecule has 0 aliphatic heterocycles. The Labute approximate surface area is 139 Å². The van der Waals surface area contributed by atoms with Crippen molar-refractivity contribution in [3.05, 3.63) is 61.5 Å². The molecule has 2 aromatic carbocycles. The van der Waals surface area contributed by atoms with Crippen LogP contribution >= 0.6 is 55.1 Å². The van der Waals surface area contributed by atoms with Crippen LogP contribution in [0.25, 0.3) is 0 Å². The number of methoxy groups -OCH3 is 1. The predicted octanol–water partition coefficient (Wildman–Crippen LogP) is 6.20. The first-order valence-electron chi connectivity index (χ1n) is 5.44. The lowest BCUT2D eigenvalue weighted by atomic mass is 10.0. The zero-order valence-electron chi connectivity index (χ0n) is 9.96. The van der Waals surface area contributed by atoms with E-state index in [1.165, 1.54) is 0 Å². The zero-order chi connectivity index (χ0) is 14.0. The highest BCUT2D eigenvalue weighted by Crippen LogP contribution is 2.38. The van der Waals surface area contributed by atoms with Crippen molar-refractivity contribution >= 4 is 55.1 Å². The molecule has 100 valence electrons. The molecule has 0 N–H and O–H groups in total. The van der Waals surface area contributed by atoms with Gasteiger partial charge in [0.2, 0.25) is 0 Å².